The zero-order chi connectivity index (χ0) is 20.3. The van der Waals surface area contributed by atoms with E-state index in [1.807, 2.05) is 84.0 Å². The summed E-state index contributed by atoms with van der Waals surface area (Å²) in [5.74, 6) is 0.202. The lowest BCUT2D eigenvalue weighted by Crippen LogP contribution is -2.29. The van der Waals surface area contributed by atoms with Crippen LogP contribution in [-0.2, 0) is 4.79 Å². The van der Waals surface area contributed by atoms with Crippen molar-refractivity contribution >= 4 is 40.4 Å². The second-order valence-corrected chi connectivity index (χ2v) is 8.04. The topological polar surface area (TPSA) is 57.1 Å². The highest BCUT2D eigenvalue weighted by Crippen LogP contribution is 2.40. The van der Waals surface area contributed by atoms with Gasteiger partial charge in [0.1, 0.15) is 0 Å². The number of para-hydroxylation sites is 2. The van der Waals surface area contributed by atoms with E-state index < -0.39 is 0 Å². The van der Waals surface area contributed by atoms with Gasteiger partial charge in [0, 0.05) is 29.4 Å². The molecule has 3 aromatic rings. The molecule has 0 unspecified atom stereocenters. The largest absolute Gasteiger partial charge is 0.325 e. The zero-order valence-corrected chi connectivity index (χ0v) is 17.0. The van der Waals surface area contributed by atoms with E-state index in [1.165, 1.54) is 17.3 Å². The number of hydrazone groups is 1. The highest BCUT2D eigenvalue weighted by Gasteiger charge is 2.32. The Labute approximate surface area is 179 Å². The minimum Gasteiger partial charge on any atom is -0.325 e. The van der Waals surface area contributed by atoms with Gasteiger partial charge in [0.15, 0.2) is 5.17 Å². The van der Waals surface area contributed by atoms with Gasteiger partial charge in [0.25, 0.3) is 0 Å². The average Bonchev–Trinajstić information content (AvgIpc) is 3.29. The summed E-state index contributed by atoms with van der Waals surface area (Å²) in [4.78, 5) is 17.5. The molecule has 30 heavy (non-hydrogen) atoms. The lowest BCUT2D eigenvalue weighted by Gasteiger charge is -2.29. The first-order valence-electron chi connectivity index (χ1n) is 9.86. The van der Waals surface area contributed by atoms with E-state index in [2.05, 4.69) is 16.5 Å². The second-order valence-electron chi connectivity index (χ2n) is 7.10. The number of amidine groups is 1. The van der Waals surface area contributed by atoms with E-state index in [4.69, 9.17) is 4.99 Å². The molecule has 2 heterocycles. The van der Waals surface area contributed by atoms with Gasteiger partial charge in [-0.15, -0.1) is 0 Å². The van der Waals surface area contributed by atoms with Crippen LogP contribution in [0.5, 0.6) is 0 Å². The van der Waals surface area contributed by atoms with Gasteiger partial charge in [-0.2, -0.15) is 5.10 Å². The number of carbonyl (C=O) groups excluding carboxylic acids is 1. The van der Waals surface area contributed by atoms with Gasteiger partial charge in [0.2, 0.25) is 5.91 Å². The van der Waals surface area contributed by atoms with E-state index in [1.54, 1.807) is 0 Å². The Kier molecular flexibility index (Phi) is 5.07. The number of anilines is 1. The lowest BCUT2D eigenvalue weighted by atomic mass is 10.0. The van der Waals surface area contributed by atoms with E-state index in [-0.39, 0.29) is 17.7 Å². The van der Waals surface area contributed by atoms with Crippen LogP contribution in [0.2, 0.25) is 0 Å². The quantitative estimate of drug-likeness (QED) is 0.619. The molecular formula is C24H20N4OS. The first-order chi connectivity index (χ1) is 14.8. The number of nitrogens with zero attached hydrogens (tertiary/aromatic N) is 3. The molecular weight excluding hydrogens is 392 g/mol. The molecule has 0 bridgehead atoms. The molecule has 0 aromatic heterocycles. The van der Waals surface area contributed by atoms with Crippen molar-refractivity contribution in [2.24, 2.45) is 10.1 Å². The fourth-order valence-corrected chi connectivity index (χ4v) is 4.56. The number of hydrogen-bond acceptors (Lipinski definition) is 5. The maximum atomic E-state index is 12.7. The second kappa shape index (κ2) is 8.16. The smallest absolute Gasteiger partial charge is 0.234 e. The van der Waals surface area contributed by atoms with Crippen molar-refractivity contribution in [1.82, 2.24) is 5.01 Å². The van der Waals surface area contributed by atoms with Crippen molar-refractivity contribution in [2.45, 2.75) is 12.5 Å². The molecule has 1 N–H and O–H groups in total. The first-order valence-corrected chi connectivity index (χ1v) is 10.8. The Bertz CT molecular complexity index is 1140. The van der Waals surface area contributed by atoms with Crippen LogP contribution in [0.25, 0.3) is 11.1 Å². The van der Waals surface area contributed by atoms with E-state index in [0.29, 0.717) is 0 Å². The van der Waals surface area contributed by atoms with Gasteiger partial charge in [-0.3, -0.25) is 4.79 Å². The summed E-state index contributed by atoms with van der Waals surface area (Å²) < 4.78 is 0. The molecule has 0 radical (unpaired) electrons. The van der Waals surface area contributed by atoms with Crippen molar-refractivity contribution in [1.29, 1.82) is 0 Å². The van der Waals surface area contributed by atoms with Crippen LogP contribution in [0.4, 0.5) is 11.4 Å². The number of fused-ring (bicyclic) bond motifs is 3. The molecule has 0 aliphatic carbocycles. The number of amides is 1. The Morgan fingerprint density at radius 2 is 1.77 bits per heavy atom. The number of benzene rings is 3. The Morgan fingerprint density at radius 1 is 1.00 bits per heavy atom. The summed E-state index contributed by atoms with van der Waals surface area (Å²) in [5.41, 5.74) is 5.03. The Hall–Kier alpha value is -3.38. The van der Waals surface area contributed by atoms with Gasteiger partial charge in [-0.1, -0.05) is 78.5 Å². The highest BCUT2D eigenvalue weighted by molar-refractivity contribution is 8.14. The molecule has 0 saturated carbocycles. The summed E-state index contributed by atoms with van der Waals surface area (Å²) in [6.07, 6.45) is 2.77. The summed E-state index contributed by atoms with van der Waals surface area (Å²) in [5, 5.41) is 10.2. The van der Waals surface area contributed by atoms with Gasteiger partial charge in [-0.25, -0.2) is 10.0 Å². The van der Waals surface area contributed by atoms with Crippen molar-refractivity contribution in [3.8, 4) is 11.1 Å². The normalized spacial score (nSPS) is 16.6. The van der Waals surface area contributed by atoms with Crippen LogP contribution in [0.3, 0.4) is 0 Å². The Morgan fingerprint density at radius 3 is 2.67 bits per heavy atom. The van der Waals surface area contributed by atoms with Crippen molar-refractivity contribution in [3.05, 3.63) is 84.4 Å². The summed E-state index contributed by atoms with van der Waals surface area (Å²) in [7, 11) is 0. The molecule has 148 valence electrons. The van der Waals surface area contributed by atoms with Gasteiger partial charge in [0.05, 0.1) is 17.5 Å². The van der Waals surface area contributed by atoms with E-state index in [9.17, 15) is 4.79 Å². The molecule has 3 aromatic carbocycles. The van der Waals surface area contributed by atoms with E-state index in [0.717, 1.165) is 34.1 Å². The van der Waals surface area contributed by atoms with Crippen LogP contribution in [0.15, 0.2) is 89.0 Å². The van der Waals surface area contributed by atoms with Crippen molar-refractivity contribution < 1.29 is 4.79 Å². The SMILES string of the molecule is O=C(CSC1=Nc2ccccc2[C@@H]2CC=NN12)Nc1ccccc1-c1ccccc1. The highest BCUT2D eigenvalue weighted by atomic mass is 32.2. The van der Waals surface area contributed by atoms with Crippen molar-refractivity contribution in [2.75, 3.05) is 11.1 Å². The molecule has 0 spiro atoms. The first kappa shape index (κ1) is 18.6. The molecule has 0 fully saturated rings. The number of nitrogens with one attached hydrogen (secondary N) is 1. The fourth-order valence-electron chi connectivity index (χ4n) is 3.76. The molecule has 2 aliphatic rings. The van der Waals surface area contributed by atoms with Crippen LogP contribution in [0.1, 0.15) is 18.0 Å². The molecule has 1 amide bonds. The molecule has 2 aliphatic heterocycles. The average molecular weight is 413 g/mol. The van der Waals surface area contributed by atoms with Gasteiger partial charge in [-0.05, 0) is 17.7 Å². The minimum atomic E-state index is -0.0651. The maximum Gasteiger partial charge on any atom is 0.234 e. The number of carbonyl (C=O) groups is 1. The third kappa shape index (κ3) is 3.62. The lowest BCUT2D eigenvalue weighted by molar-refractivity contribution is -0.113. The van der Waals surface area contributed by atoms with Gasteiger partial charge >= 0.3 is 0 Å². The molecule has 6 heteroatoms. The maximum absolute atomic E-state index is 12.7. The fraction of sp³-hybridized carbons (Fsp3) is 0.125. The van der Waals surface area contributed by atoms with Crippen LogP contribution >= 0.6 is 11.8 Å². The summed E-state index contributed by atoms with van der Waals surface area (Å²) in [6.45, 7) is 0. The number of rotatable bonds is 4. The third-order valence-electron chi connectivity index (χ3n) is 5.16. The van der Waals surface area contributed by atoms with Crippen molar-refractivity contribution in [3.63, 3.8) is 0 Å². The molecule has 5 nitrogen and oxygen atoms in total. The number of hydrogen-bond donors (Lipinski definition) is 1. The van der Waals surface area contributed by atoms with Crippen LogP contribution < -0.4 is 5.32 Å². The number of aliphatic imine (C=N–C) groups is 1. The summed E-state index contributed by atoms with van der Waals surface area (Å²) >= 11 is 1.42. The minimum absolute atomic E-state index is 0.0651. The van der Waals surface area contributed by atoms with Gasteiger partial charge < -0.3 is 5.32 Å². The molecule has 1 atom stereocenters. The zero-order valence-electron chi connectivity index (χ0n) is 16.2. The third-order valence-corrected chi connectivity index (χ3v) is 6.10. The Balaban J connectivity index is 1.31. The standard InChI is InChI=1S/C24H20N4OS/c29-23(26-20-12-6-4-10-18(20)17-8-2-1-3-9-17)16-30-24-27-21-13-7-5-11-19(21)22-14-15-25-28(22)24/h1-13,15,22H,14,16H2,(H,26,29)/t22-/m0/s1. The van der Waals surface area contributed by atoms with E-state index >= 15 is 0 Å². The van der Waals surface area contributed by atoms with Crippen LogP contribution in [0, 0.1) is 0 Å². The summed E-state index contributed by atoms with van der Waals surface area (Å²) in [6, 6.07) is 26.2. The van der Waals surface area contributed by atoms with Crippen LogP contribution in [-0.4, -0.2) is 28.1 Å². The monoisotopic (exact) mass is 412 g/mol. The number of thioether (sulfide) groups is 1. The molecule has 5 rings (SSSR count). The predicted molar refractivity (Wildman–Crippen MR) is 124 cm³/mol. The predicted octanol–water partition coefficient (Wildman–Crippen LogP) is 5.46. The molecule has 0 saturated heterocycles.